The molecule has 86 valence electrons. The lowest BCUT2D eigenvalue weighted by atomic mass is 10.1. The van der Waals surface area contributed by atoms with Crippen molar-refractivity contribution in [1.82, 2.24) is 15.3 Å². The highest BCUT2D eigenvalue weighted by molar-refractivity contribution is 5.91. The molecule has 1 aliphatic rings. The van der Waals surface area contributed by atoms with Gasteiger partial charge in [0.05, 0.1) is 12.3 Å². The summed E-state index contributed by atoms with van der Waals surface area (Å²) in [5.74, 6) is 0.213. The van der Waals surface area contributed by atoms with E-state index < -0.39 is 0 Å². The number of carbonyl (C=O) groups excluding carboxylic acids is 1. The zero-order valence-corrected chi connectivity index (χ0v) is 8.97. The maximum atomic E-state index is 11.5. The Kier molecular flexibility index (Phi) is 3.46. The summed E-state index contributed by atoms with van der Waals surface area (Å²) in [6.45, 7) is 0.479. The summed E-state index contributed by atoms with van der Waals surface area (Å²) < 4.78 is 0. The Morgan fingerprint density at radius 1 is 1.56 bits per heavy atom. The molecule has 2 N–H and O–H groups in total. The number of hydrogen-bond donors (Lipinski definition) is 2. The molecule has 1 aromatic heterocycles. The first-order valence-electron chi connectivity index (χ1n) is 5.49. The standard InChI is InChI=1S/C11H15N3O2/c15-10(8-1-2-8)3-4-14-11(16)9-7-12-5-6-13-9/h5-8,10,15H,1-4H2,(H,14,16)/t10-/m0/s1. The molecule has 5 nitrogen and oxygen atoms in total. The normalized spacial score (nSPS) is 16.8. The Labute approximate surface area is 93.9 Å². The molecule has 2 rings (SSSR count). The SMILES string of the molecule is O=C(NCC[C@H](O)C1CC1)c1cnccn1. The quantitative estimate of drug-likeness (QED) is 0.753. The highest BCUT2D eigenvalue weighted by Crippen LogP contribution is 2.33. The Bertz CT molecular complexity index is 352. The molecule has 1 heterocycles. The molecular weight excluding hydrogens is 206 g/mol. The lowest BCUT2D eigenvalue weighted by Gasteiger charge is -2.09. The van der Waals surface area contributed by atoms with Gasteiger partial charge in [-0.15, -0.1) is 0 Å². The monoisotopic (exact) mass is 221 g/mol. The van der Waals surface area contributed by atoms with Crippen molar-refractivity contribution in [3.8, 4) is 0 Å². The molecule has 1 aliphatic carbocycles. The summed E-state index contributed by atoms with van der Waals surface area (Å²) >= 11 is 0. The minimum Gasteiger partial charge on any atom is -0.393 e. The molecule has 5 heteroatoms. The van der Waals surface area contributed by atoms with Crippen LogP contribution in [-0.2, 0) is 0 Å². The summed E-state index contributed by atoms with van der Waals surface area (Å²) in [6, 6.07) is 0. The molecule has 0 saturated heterocycles. The Morgan fingerprint density at radius 3 is 3.00 bits per heavy atom. The van der Waals surface area contributed by atoms with Gasteiger partial charge in [-0.2, -0.15) is 0 Å². The lowest BCUT2D eigenvalue weighted by Crippen LogP contribution is -2.28. The van der Waals surface area contributed by atoms with Crippen molar-refractivity contribution in [3.63, 3.8) is 0 Å². The second-order valence-corrected chi connectivity index (χ2v) is 4.04. The van der Waals surface area contributed by atoms with Gasteiger partial charge >= 0.3 is 0 Å². The third kappa shape index (κ3) is 3.00. The van der Waals surface area contributed by atoms with Crippen LogP contribution in [0.3, 0.4) is 0 Å². The van der Waals surface area contributed by atoms with E-state index in [1.165, 1.54) is 18.6 Å². The van der Waals surface area contributed by atoms with E-state index in [2.05, 4.69) is 15.3 Å². The minimum absolute atomic E-state index is 0.240. The highest BCUT2D eigenvalue weighted by Gasteiger charge is 2.29. The largest absolute Gasteiger partial charge is 0.393 e. The van der Waals surface area contributed by atoms with Crippen LogP contribution in [0.4, 0.5) is 0 Å². The van der Waals surface area contributed by atoms with E-state index in [9.17, 15) is 9.90 Å². The lowest BCUT2D eigenvalue weighted by molar-refractivity contribution is 0.0931. The number of carbonyl (C=O) groups is 1. The van der Waals surface area contributed by atoms with E-state index >= 15 is 0 Å². The number of rotatable bonds is 5. The van der Waals surface area contributed by atoms with Gasteiger partial charge in [-0.25, -0.2) is 4.98 Å². The van der Waals surface area contributed by atoms with Crippen LogP contribution in [0.2, 0.25) is 0 Å². The van der Waals surface area contributed by atoms with E-state index in [0.717, 1.165) is 12.8 Å². The van der Waals surface area contributed by atoms with Crippen molar-refractivity contribution in [2.24, 2.45) is 5.92 Å². The second-order valence-electron chi connectivity index (χ2n) is 4.04. The predicted molar refractivity (Wildman–Crippen MR) is 57.7 cm³/mol. The number of aliphatic hydroxyl groups excluding tert-OH is 1. The van der Waals surface area contributed by atoms with Crippen LogP contribution in [-0.4, -0.2) is 33.6 Å². The van der Waals surface area contributed by atoms with Gasteiger partial charge in [0.25, 0.3) is 5.91 Å². The van der Waals surface area contributed by atoms with Gasteiger partial charge in [0.1, 0.15) is 5.69 Å². The number of nitrogens with one attached hydrogen (secondary N) is 1. The fourth-order valence-electron chi connectivity index (χ4n) is 1.56. The zero-order valence-electron chi connectivity index (χ0n) is 8.97. The van der Waals surface area contributed by atoms with Gasteiger partial charge < -0.3 is 10.4 Å². The first-order chi connectivity index (χ1) is 7.77. The second kappa shape index (κ2) is 5.03. The van der Waals surface area contributed by atoms with Crippen LogP contribution in [0.15, 0.2) is 18.6 Å². The van der Waals surface area contributed by atoms with Gasteiger partial charge in [-0.1, -0.05) is 0 Å². The van der Waals surface area contributed by atoms with Crippen LogP contribution in [0, 0.1) is 5.92 Å². The number of amides is 1. The molecular formula is C11H15N3O2. The average Bonchev–Trinajstić information content (AvgIpc) is 3.14. The van der Waals surface area contributed by atoms with Gasteiger partial charge in [-0.3, -0.25) is 9.78 Å². The van der Waals surface area contributed by atoms with E-state index in [1.54, 1.807) is 0 Å². The van der Waals surface area contributed by atoms with E-state index in [0.29, 0.717) is 24.6 Å². The van der Waals surface area contributed by atoms with E-state index in [1.807, 2.05) is 0 Å². The Balaban J connectivity index is 1.71. The molecule has 0 radical (unpaired) electrons. The summed E-state index contributed by atoms with van der Waals surface area (Å²) in [5, 5.41) is 12.3. The third-order valence-corrected chi connectivity index (χ3v) is 2.69. The predicted octanol–water partition coefficient (Wildman–Crippen LogP) is 0.367. The highest BCUT2D eigenvalue weighted by atomic mass is 16.3. The molecule has 0 spiro atoms. The first-order valence-corrected chi connectivity index (χ1v) is 5.49. The Morgan fingerprint density at radius 2 is 2.38 bits per heavy atom. The van der Waals surface area contributed by atoms with Crippen LogP contribution in [0.1, 0.15) is 29.8 Å². The number of hydrogen-bond acceptors (Lipinski definition) is 4. The summed E-state index contributed by atoms with van der Waals surface area (Å²) in [6.07, 6.45) is 6.98. The molecule has 16 heavy (non-hydrogen) atoms. The molecule has 1 amide bonds. The smallest absolute Gasteiger partial charge is 0.271 e. The average molecular weight is 221 g/mol. The maximum Gasteiger partial charge on any atom is 0.271 e. The van der Waals surface area contributed by atoms with Gasteiger partial charge in [0.2, 0.25) is 0 Å². The Hall–Kier alpha value is -1.49. The molecule has 1 saturated carbocycles. The maximum absolute atomic E-state index is 11.5. The summed E-state index contributed by atoms with van der Waals surface area (Å²) in [5.41, 5.74) is 0.309. The fraction of sp³-hybridized carbons (Fsp3) is 0.545. The molecule has 1 fully saturated rings. The van der Waals surface area contributed by atoms with Crippen LogP contribution in [0.25, 0.3) is 0 Å². The fourth-order valence-corrected chi connectivity index (χ4v) is 1.56. The third-order valence-electron chi connectivity index (χ3n) is 2.69. The van der Waals surface area contributed by atoms with Gasteiger partial charge in [0.15, 0.2) is 0 Å². The molecule has 0 aromatic carbocycles. The number of nitrogens with zero attached hydrogens (tertiary/aromatic N) is 2. The summed E-state index contributed by atoms with van der Waals surface area (Å²) in [7, 11) is 0. The van der Waals surface area contributed by atoms with Crippen molar-refractivity contribution >= 4 is 5.91 Å². The molecule has 0 unspecified atom stereocenters. The minimum atomic E-state index is -0.276. The van der Waals surface area contributed by atoms with Crippen molar-refractivity contribution in [2.45, 2.75) is 25.4 Å². The van der Waals surface area contributed by atoms with Crippen LogP contribution >= 0.6 is 0 Å². The number of aromatic nitrogens is 2. The van der Waals surface area contributed by atoms with E-state index in [-0.39, 0.29) is 12.0 Å². The van der Waals surface area contributed by atoms with Crippen LogP contribution in [0.5, 0.6) is 0 Å². The first kappa shape index (κ1) is 11.0. The van der Waals surface area contributed by atoms with Crippen molar-refractivity contribution < 1.29 is 9.90 Å². The van der Waals surface area contributed by atoms with Gasteiger partial charge in [-0.05, 0) is 25.2 Å². The molecule has 0 bridgehead atoms. The molecule has 0 aliphatic heterocycles. The van der Waals surface area contributed by atoms with Crippen molar-refractivity contribution in [1.29, 1.82) is 0 Å². The topological polar surface area (TPSA) is 75.1 Å². The van der Waals surface area contributed by atoms with Gasteiger partial charge in [0, 0.05) is 18.9 Å². The summed E-state index contributed by atoms with van der Waals surface area (Å²) in [4.78, 5) is 19.2. The number of aliphatic hydroxyl groups is 1. The van der Waals surface area contributed by atoms with Crippen LogP contribution < -0.4 is 5.32 Å². The van der Waals surface area contributed by atoms with E-state index in [4.69, 9.17) is 0 Å². The zero-order chi connectivity index (χ0) is 11.4. The molecule has 1 aromatic rings. The van der Waals surface area contributed by atoms with Crippen molar-refractivity contribution in [3.05, 3.63) is 24.3 Å². The molecule has 1 atom stereocenters. The van der Waals surface area contributed by atoms with Crippen molar-refractivity contribution in [2.75, 3.05) is 6.54 Å².